The zero-order chi connectivity index (χ0) is 22.3. The fourth-order valence-electron chi connectivity index (χ4n) is 3.06. The number of nitrogens with zero attached hydrogens (tertiary/aromatic N) is 4. The van der Waals surface area contributed by atoms with Gasteiger partial charge in [0.05, 0.1) is 6.54 Å². The first-order chi connectivity index (χ1) is 15.6. The van der Waals surface area contributed by atoms with Crippen LogP contribution in [0.1, 0.15) is 23.2 Å². The third-order valence-electron chi connectivity index (χ3n) is 4.69. The summed E-state index contributed by atoms with van der Waals surface area (Å²) < 4.78 is 7.27. The van der Waals surface area contributed by atoms with Gasteiger partial charge in [-0.25, -0.2) is 0 Å². The molecule has 9 heteroatoms. The number of halogens is 1. The minimum absolute atomic E-state index is 0.103. The number of hydrogen-bond acceptors (Lipinski definition) is 6. The second-order valence-corrected chi connectivity index (χ2v) is 7.40. The van der Waals surface area contributed by atoms with Crippen LogP contribution in [0.2, 0.25) is 5.02 Å². The van der Waals surface area contributed by atoms with Crippen LogP contribution in [-0.2, 0) is 4.79 Å². The van der Waals surface area contributed by atoms with E-state index in [-0.39, 0.29) is 31.1 Å². The molecular formula is C23H20ClN5O3. The van der Waals surface area contributed by atoms with Crippen LogP contribution >= 0.6 is 11.6 Å². The lowest BCUT2D eigenvalue weighted by Gasteiger charge is -2.08. The Labute approximate surface area is 189 Å². The topological polar surface area (TPSA) is 98.5 Å². The van der Waals surface area contributed by atoms with Crippen molar-refractivity contribution >= 4 is 28.9 Å². The molecule has 4 rings (SSSR count). The molecular weight excluding hydrogens is 430 g/mol. The van der Waals surface area contributed by atoms with Crippen molar-refractivity contribution in [2.24, 2.45) is 0 Å². The van der Waals surface area contributed by atoms with Crippen LogP contribution in [0.5, 0.6) is 5.88 Å². The molecule has 1 amide bonds. The highest BCUT2D eigenvalue weighted by Gasteiger charge is 2.11. The van der Waals surface area contributed by atoms with Gasteiger partial charge in [-0.15, -0.1) is 15.3 Å². The Morgan fingerprint density at radius 2 is 1.72 bits per heavy atom. The molecule has 0 unspecified atom stereocenters. The Hall–Kier alpha value is -3.78. The Morgan fingerprint density at radius 1 is 0.938 bits per heavy atom. The smallest absolute Gasteiger partial charge is 0.231 e. The quantitative estimate of drug-likeness (QED) is 0.309. The summed E-state index contributed by atoms with van der Waals surface area (Å²) in [7, 11) is 0. The van der Waals surface area contributed by atoms with E-state index < -0.39 is 0 Å². The van der Waals surface area contributed by atoms with Gasteiger partial charge in [-0.3, -0.25) is 9.59 Å². The van der Waals surface area contributed by atoms with Gasteiger partial charge in [-0.2, -0.15) is 4.52 Å². The number of ketones is 1. The van der Waals surface area contributed by atoms with Crippen molar-refractivity contribution in [2.75, 3.05) is 13.2 Å². The highest BCUT2D eigenvalue weighted by molar-refractivity contribution is 6.30. The minimum atomic E-state index is -0.218. The molecule has 32 heavy (non-hydrogen) atoms. The lowest BCUT2D eigenvalue weighted by atomic mass is 10.1. The number of benzene rings is 2. The van der Waals surface area contributed by atoms with Crippen LogP contribution in [0.15, 0.2) is 66.7 Å². The largest absolute Gasteiger partial charge is 0.475 e. The number of amides is 1. The van der Waals surface area contributed by atoms with Crippen molar-refractivity contribution in [3.8, 4) is 17.3 Å². The van der Waals surface area contributed by atoms with Gasteiger partial charge in [0.2, 0.25) is 11.8 Å². The fraction of sp³-hybridized carbons (Fsp3) is 0.174. The molecule has 0 spiro atoms. The Balaban J connectivity index is 1.25. The van der Waals surface area contributed by atoms with Crippen molar-refractivity contribution in [3.63, 3.8) is 0 Å². The van der Waals surface area contributed by atoms with Gasteiger partial charge in [0.15, 0.2) is 17.3 Å². The van der Waals surface area contributed by atoms with Crippen molar-refractivity contribution in [1.82, 2.24) is 25.1 Å². The van der Waals surface area contributed by atoms with E-state index >= 15 is 0 Å². The number of carbonyl (C=O) groups is 2. The van der Waals surface area contributed by atoms with E-state index in [0.29, 0.717) is 34.5 Å². The summed E-state index contributed by atoms with van der Waals surface area (Å²) in [6.45, 7) is 0.527. The average molecular weight is 450 g/mol. The molecule has 0 bridgehead atoms. The molecule has 2 aromatic heterocycles. The van der Waals surface area contributed by atoms with Crippen molar-refractivity contribution in [1.29, 1.82) is 0 Å². The predicted molar refractivity (Wildman–Crippen MR) is 120 cm³/mol. The second-order valence-electron chi connectivity index (χ2n) is 6.96. The third kappa shape index (κ3) is 5.28. The fourth-order valence-corrected chi connectivity index (χ4v) is 3.18. The summed E-state index contributed by atoms with van der Waals surface area (Å²) in [4.78, 5) is 24.1. The molecule has 4 aromatic rings. The van der Waals surface area contributed by atoms with E-state index in [1.54, 1.807) is 40.9 Å². The Kier molecular flexibility index (Phi) is 6.72. The van der Waals surface area contributed by atoms with E-state index in [0.717, 1.165) is 5.56 Å². The molecule has 0 fully saturated rings. The van der Waals surface area contributed by atoms with Crippen molar-refractivity contribution < 1.29 is 14.3 Å². The maximum Gasteiger partial charge on any atom is 0.231 e. The number of carbonyl (C=O) groups excluding carboxylic acids is 2. The maximum absolute atomic E-state index is 12.1. The zero-order valence-electron chi connectivity index (χ0n) is 17.1. The summed E-state index contributed by atoms with van der Waals surface area (Å²) in [5.41, 5.74) is 2.04. The lowest BCUT2D eigenvalue weighted by Crippen LogP contribution is -2.28. The van der Waals surface area contributed by atoms with Crippen LogP contribution in [0.3, 0.4) is 0 Å². The molecule has 0 saturated carbocycles. The molecule has 0 radical (unpaired) electrons. The number of ether oxygens (including phenoxy) is 1. The van der Waals surface area contributed by atoms with E-state index in [9.17, 15) is 9.59 Å². The molecule has 8 nitrogen and oxygen atoms in total. The van der Waals surface area contributed by atoms with E-state index in [1.807, 2.05) is 30.3 Å². The Bertz CT molecular complexity index is 1230. The first-order valence-corrected chi connectivity index (χ1v) is 10.4. The van der Waals surface area contributed by atoms with Crippen LogP contribution in [-0.4, -0.2) is 44.7 Å². The zero-order valence-corrected chi connectivity index (χ0v) is 17.8. The molecule has 2 heterocycles. The predicted octanol–water partition coefficient (Wildman–Crippen LogP) is 3.60. The molecule has 0 saturated heterocycles. The number of Topliss-reactive ketones (excluding diaryl/α,β-unsaturated/α-hetero) is 1. The highest BCUT2D eigenvalue weighted by atomic mass is 35.5. The number of hydrogen-bond donors (Lipinski definition) is 1. The van der Waals surface area contributed by atoms with Crippen LogP contribution in [0, 0.1) is 0 Å². The standard InChI is InChI=1S/C23H20ClN5O3/c24-18-8-6-16(7-9-18)19(30)10-12-21(31)25-14-15-32-22-13-11-20-26-27-23(29(20)28-22)17-4-2-1-3-5-17/h1-9,11,13H,10,12,14-15H2,(H,25,31). The summed E-state index contributed by atoms with van der Waals surface area (Å²) in [6, 6.07) is 19.7. The molecule has 0 aliphatic heterocycles. The van der Waals surface area contributed by atoms with Gasteiger partial charge in [0.1, 0.15) is 6.61 Å². The third-order valence-corrected chi connectivity index (χ3v) is 4.94. The molecule has 0 atom stereocenters. The number of fused-ring (bicyclic) bond motifs is 1. The monoisotopic (exact) mass is 449 g/mol. The maximum atomic E-state index is 12.1. The lowest BCUT2D eigenvalue weighted by molar-refractivity contribution is -0.121. The molecule has 162 valence electrons. The second kappa shape index (κ2) is 10.0. The number of aromatic nitrogens is 4. The van der Waals surface area contributed by atoms with Crippen LogP contribution in [0.25, 0.3) is 17.0 Å². The van der Waals surface area contributed by atoms with Gasteiger partial charge >= 0.3 is 0 Å². The highest BCUT2D eigenvalue weighted by Crippen LogP contribution is 2.18. The van der Waals surface area contributed by atoms with E-state index in [1.165, 1.54) is 0 Å². The van der Waals surface area contributed by atoms with Crippen LogP contribution in [0.4, 0.5) is 0 Å². The number of rotatable bonds is 9. The van der Waals surface area contributed by atoms with E-state index in [4.69, 9.17) is 16.3 Å². The van der Waals surface area contributed by atoms with Crippen molar-refractivity contribution in [2.45, 2.75) is 12.8 Å². The first kappa shape index (κ1) is 21.5. The molecule has 2 aromatic carbocycles. The van der Waals surface area contributed by atoms with E-state index in [2.05, 4.69) is 20.6 Å². The first-order valence-electron chi connectivity index (χ1n) is 10.1. The van der Waals surface area contributed by atoms with Gasteiger partial charge in [0, 0.05) is 35.1 Å². The average Bonchev–Trinajstić information content (AvgIpc) is 3.24. The number of nitrogens with one attached hydrogen (secondary N) is 1. The van der Waals surface area contributed by atoms with Crippen molar-refractivity contribution in [3.05, 3.63) is 77.3 Å². The van der Waals surface area contributed by atoms with Gasteiger partial charge in [0.25, 0.3) is 0 Å². The molecule has 1 N–H and O–H groups in total. The minimum Gasteiger partial charge on any atom is -0.475 e. The van der Waals surface area contributed by atoms with Crippen LogP contribution < -0.4 is 10.1 Å². The SMILES string of the molecule is O=C(CCC(=O)c1ccc(Cl)cc1)NCCOc1ccc2nnc(-c3ccccc3)n2n1. The summed E-state index contributed by atoms with van der Waals surface area (Å²) >= 11 is 5.82. The summed E-state index contributed by atoms with van der Waals surface area (Å²) in [5.74, 6) is 0.685. The molecule has 0 aliphatic carbocycles. The summed E-state index contributed by atoms with van der Waals surface area (Å²) in [5, 5.41) is 16.0. The Morgan fingerprint density at radius 3 is 2.50 bits per heavy atom. The molecule has 0 aliphatic rings. The van der Waals surface area contributed by atoms with Gasteiger partial charge < -0.3 is 10.1 Å². The van der Waals surface area contributed by atoms with Gasteiger partial charge in [-0.1, -0.05) is 41.9 Å². The summed E-state index contributed by atoms with van der Waals surface area (Å²) in [6.07, 6.45) is 0.231. The normalized spacial score (nSPS) is 10.8. The van der Waals surface area contributed by atoms with Gasteiger partial charge in [-0.05, 0) is 30.3 Å².